The van der Waals surface area contributed by atoms with E-state index in [4.69, 9.17) is 9.15 Å². The molecule has 0 amide bonds. The molecule has 1 heterocycles. The predicted molar refractivity (Wildman–Crippen MR) is 69.4 cm³/mol. The lowest BCUT2D eigenvalue weighted by molar-refractivity contribution is 0.395. The minimum absolute atomic E-state index is 0.345. The fraction of sp³-hybridized carbons (Fsp3) is 0.500. The average molecular weight is 236 g/mol. The van der Waals surface area contributed by atoms with Crippen molar-refractivity contribution >= 4 is 5.57 Å². The third-order valence-corrected chi connectivity index (χ3v) is 2.98. The Hall–Kier alpha value is -1.51. The fourth-order valence-electron chi connectivity index (χ4n) is 1.72. The minimum Gasteiger partial charge on any atom is -0.495 e. The van der Waals surface area contributed by atoms with E-state index < -0.39 is 0 Å². The molecule has 0 radical (unpaired) electrons. The van der Waals surface area contributed by atoms with E-state index in [2.05, 4.69) is 19.9 Å². The van der Waals surface area contributed by atoms with Crippen LogP contribution in [-0.2, 0) is 0 Å². The van der Waals surface area contributed by atoms with Gasteiger partial charge in [-0.3, -0.25) is 0 Å². The Morgan fingerprint density at radius 1 is 1.59 bits per heavy atom. The topological polar surface area (TPSA) is 39.4 Å². The number of hydrogen-bond donors (Lipinski definition) is 0. The van der Waals surface area contributed by atoms with Gasteiger partial charge >= 0.3 is 5.63 Å². The standard InChI is InChI=1S/C14H20O3/c1-6-9(2)7-10(3)12-8-17-14(15)11(4)13(12)16-5/h7-9H,6H2,1-5H3/b10-7+. The highest BCUT2D eigenvalue weighted by Gasteiger charge is 2.12. The number of rotatable bonds is 4. The van der Waals surface area contributed by atoms with Crippen LogP contribution in [-0.4, -0.2) is 7.11 Å². The molecule has 1 unspecified atom stereocenters. The van der Waals surface area contributed by atoms with Crippen molar-refractivity contribution < 1.29 is 9.15 Å². The lowest BCUT2D eigenvalue weighted by atomic mass is 10.0. The summed E-state index contributed by atoms with van der Waals surface area (Å²) in [6.45, 7) is 8.01. The second-order valence-electron chi connectivity index (χ2n) is 4.33. The molecule has 0 aliphatic heterocycles. The van der Waals surface area contributed by atoms with Crippen molar-refractivity contribution in [1.82, 2.24) is 0 Å². The van der Waals surface area contributed by atoms with Crippen LogP contribution in [0.4, 0.5) is 0 Å². The van der Waals surface area contributed by atoms with Crippen LogP contribution in [0.25, 0.3) is 5.57 Å². The van der Waals surface area contributed by atoms with Gasteiger partial charge in [-0.05, 0) is 25.3 Å². The number of allylic oxidation sites excluding steroid dienone is 2. The molecule has 3 heteroatoms. The summed E-state index contributed by atoms with van der Waals surface area (Å²) in [5.74, 6) is 1.10. The highest BCUT2D eigenvalue weighted by atomic mass is 16.5. The summed E-state index contributed by atoms with van der Waals surface area (Å²) in [5, 5.41) is 0. The van der Waals surface area contributed by atoms with Gasteiger partial charge in [-0.15, -0.1) is 0 Å². The molecule has 1 rings (SSSR count). The Morgan fingerprint density at radius 2 is 2.24 bits per heavy atom. The third-order valence-electron chi connectivity index (χ3n) is 2.98. The summed E-state index contributed by atoms with van der Waals surface area (Å²) < 4.78 is 10.3. The fourth-order valence-corrected chi connectivity index (χ4v) is 1.72. The molecule has 0 aliphatic carbocycles. The van der Waals surface area contributed by atoms with E-state index in [0.29, 0.717) is 17.2 Å². The first-order chi connectivity index (χ1) is 8.01. The van der Waals surface area contributed by atoms with E-state index >= 15 is 0 Å². The van der Waals surface area contributed by atoms with Crippen molar-refractivity contribution in [2.45, 2.75) is 34.1 Å². The summed E-state index contributed by atoms with van der Waals surface area (Å²) in [6, 6.07) is 0. The van der Waals surface area contributed by atoms with E-state index in [1.54, 1.807) is 14.0 Å². The van der Waals surface area contributed by atoms with E-state index in [9.17, 15) is 4.79 Å². The summed E-state index contributed by atoms with van der Waals surface area (Å²) >= 11 is 0. The molecule has 0 saturated carbocycles. The lowest BCUT2D eigenvalue weighted by Crippen LogP contribution is -2.07. The van der Waals surface area contributed by atoms with Gasteiger partial charge in [-0.25, -0.2) is 4.79 Å². The van der Waals surface area contributed by atoms with Crippen molar-refractivity contribution in [3.8, 4) is 5.75 Å². The Kier molecular flexibility index (Phi) is 4.55. The molecule has 0 aromatic carbocycles. The second-order valence-corrected chi connectivity index (χ2v) is 4.33. The quantitative estimate of drug-likeness (QED) is 0.804. The van der Waals surface area contributed by atoms with Gasteiger partial charge in [0.25, 0.3) is 0 Å². The Labute approximate surface area is 102 Å². The molecule has 1 atom stereocenters. The lowest BCUT2D eigenvalue weighted by Gasteiger charge is -2.11. The van der Waals surface area contributed by atoms with E-state index in [1.165, 1.54) is 6.26 Å². The van der Waals surface area contributed by atoms with Gasteiger partial charge in [0.15, 0.2) is 0 Å². The van der Waals surface area contributed by atoms with Gasteiger partial charge in [0.1, 0.15) is 12.0 Å². The summed E-state index contributed by atoms with van der Waals surface area (Å²) in [4.78, 5) is 11.4. The zero-order valence-electron chi connectivity index (χ0n) is 11.2. The SMILES string of the molecule is CCC(C)/C=C(\C)c1coc(=O)c(C)c1OC. The molecule has 1 aromatic heterocycles. The third kappa shape index (κ3) is 2.99. The first-order valence-corrected chi connectivity index (χ1v) is 5.86. The van der Waals surface area contributed by atoms with Crippen LogP contribution >= 0.6 is 0 Å². The monoisotopic (exact) mass is 236 g/mol. The summed E-state index contributed by atoms with van der Waals surface area (Å²) in [6.07, 6.45) is 4.72. The molecule has 1 aromatic rings. The zero-order chi connectivity index (χ0) is 13.0. The van der Waals surface area contributed by atoms with Crippen molar-refractivity contribution in [3.05, 3.63) is 33.9 Å². The molecule has 94 valence electrons. The van der Waals surface area contributed by atoms with E-state index in [1.807, 2.05) is 6.92 Å². The van der Waals surface area contributed by atoms with E-state index in [-0.39, 0.29) is 5.63 Å². The van der Waals surface area contributed by atoms with Crippen molar-refractivity contribution in [2.24, 2.45) is 5.92 Å². The molecule has 0 bridgehead atoms. The summed E-state index contributed by atoms with van der Waals surface area (Å²) in [5.41, 5.74) is 2.09. The molecule has 3 nitrogen and oxygen atoms in total. The first kappa shape index (κ1) is 13.6. The largest absolute Gasteiger partial charge is 0.495 e. The van der Waals surface area contributed by atoms with Crippen molar-refractivity contribution in [3.63, 3.8) is 0 Å². The first-order valence-electron chi connectivity index (χ1n) is 5.86. The van der Waals surface area contributed by atoms with E-state index in [0.717, 1.165) is 17.6 Å². The number of hydrogen-bond acceptors (Lipinski definition) is 3. The predicted octanol–water partition coefficient (Wildman–Crippen LogP) is 3.41. The van der Waals surface area contributed by atoms with Gasteiger partial charge in [-0.1, -0.05) is 26.3 Å². The average Bonchev–Trinajstić information content (AvgIpc) is 2.31. The Balaban J connectivity index is 3.27. The zero-order valence-corrected chi connectivity index (χ0v) is 11.2. The van der Waals surface area contributed by atoms with Gasteiger partial charge in [0, 0.05) is 0 Å². The Bertz CT molecular complexity index is 469. The van der Waals surface area contributed by atoms with Crippen LogP contribution in [0.5, 0.6) is 5.75 Å². The molecule has 0 saturated heterocycles. The molecule has 0 spiro atoms. The molecule has 17 heavy (non-hydrogen) atoms. The maximum absolute atomic E-state index is 11.4. The highest BCUT2D eigenvalue weighted by Crippen LogP contribution is 2.28. The minimum atomic E-state index is -0.345. The molecule has 0 fully saturated rings. The van der Waals surface area contributed by atoms with Gasteiger partial charge in [-0.2, -0.15) is 0 Å². The van der Waals surface area contributed by atoms with Crippen molar-refractivity contribution in [2.75, 3.05) is 7.11 Å². The molecular weight excluding hydrogens is 216 g/mol. The maximum Gasteiger partial charge on any atom is 0.342 e. The maximum atomic E-state index is 11.4. The van der Waals surface area contributed by atoms with Crippen LogP contribution in [0, 0.1) is 12.8 Å². The summed E-state index contributed by atoms with van der Waals surface area (Å²) in [7, 11) is 1.57. The normalized spacial score (nSPS) is 13.6. The van der Waals surface area contributed by atoms with Crippen LogP contribution in [0.15, 0.2) is 21.6 Å². The Morgan fingerprint density at radius 3 is 2.76 bits per heavy atom. The van der Waals surface area contributed by atoms with Gasteiger partial charge in [0.2, 0.25) is 0 Å². The van der Waals surface area contributed by atoms with Crippen LogP contribution < -0.4 is 10.4 Å². The molecular formula is C14H20O3. The smallest absolute Gasteiger partial charge is 0.342 e. The highest BCUT2D eigenvalue weighted by molar-refractivity contribution is 5.69. The van der Waals surface area contributed by atoms with Crippen molar-refractivity contribution in [1.29, 1.82) is 0 Å². The van der Waals surface area contributed by atoms with Crippen LogP contribution in [0.3, 0.4) is 0 Å². The molecule has 0 aliphatic rings. The van der Waals surface area contributed by atoms with Crippen LogP contribution in [0.2, 0.25) is 0 Å². The second kappa shape index (κ2) is 5.71. The van der Waals surface area contributed by atoms with Gasteiger partial charge in [0.05, 0.1) is 18.2 Å². The van der Waals surface area contributed by atoms with Crippen LogP contribution in [0.1, 0.15) is 38.3 Å². The van der Waals surface area contributed by atoms with Gasteiger partial charge < -0.3 is 9.15 Å². The molecule has 0 N–H and O–H groups in total. The number of methoxy groups -OCH3 is 1. The number of ether oxygens (including phenoxy) is 1.